The van der Waals surface area contributed by atoms with Crippen LogP contribution in [0.4, 0.5) is 11.9 Å². The Bertz CT molecular complexity index is 1030. The molecule has 2 N–H and O–H groups in total. The maximum absolute atomic E-state index is 9.52. The number of benzene rings is 1. The zero-order valence-corrected chi connectivity index (χ0v) is 15.6. The number of hydrogen-bond acceptors (Lipinski definition) is 7. The van der Waals surface area contributed by atoms with Crippen LogP contribution in [0.1, 0.15) is 17.0 Å². The molecular weight excluding hydrogens is 364 g/mol. The van der Waals surface area contributed by atoms with E-state index in [4.69, 9.17) is 17.3 Å². The Hall–Kier alpha value is -3.44. The lowest BCUT2D eigenvalue weighted by molar-refractivity contribution is 0.687. The molecule has 9 heteroatoms. The van der Waals surface area contributed by atoms with Gasteiger partial charge in [-0.1, -0.05) is 29.8 Å². The van der Waals surface area contributed by atoms with Gasteiger partial charge in [-0.3, -0.25) is 4.68 Å². The molecule has 0 radical (unpaired) electrons. The highest BCUT2D eigenvalue weighted by atomic mass is 35.5. The highest BCUT2D eigenvalue weighted by Gasteiger charge is 2.11. The number of aromatic nitrogens is 5. The maximum atomic E-state index is 9.52. The van der Waals surface area contributed by atoms with Crippen molar-refractivity contribution in [2.24, 2.45) is 0 Å². The molecule has 1 aromatic carbocycles. The molecule has 136 valence electrons. The Morgan fingerprint density at radius 2 is 2.07 bits per heavy atom. The summed E-state index contributed by atoms with van der Waals surface area (Å²) < 4.78 is 1.75. The molecule has 2 aromatic heterocycles. The van der Waals surface area contributed by atoms with Crippen LogP contribution in [0.5, 0.6) is 0 Å². The predicted octanol–water partition coefficient (Wildman–Crippen LogP) is 2.48. The fourth-order valence-corrected chi connectivity index (χ4v) is 2.55. The third kappa shape index (κ3) is 4.40. The molecule has 0 fully saturated rings. The first-order valence-corrected chi connectivity index (χ1v) is 8.41. The molecule has 0 amide bonds. The van der Waals surface area contributed by atoms with Crippen molar-refractivity contribution in [3.63, 3.8) is 0 Å². The largest absolute Gasteiger partial charge is 0.368 e. The lowest BCUT2D eigenvalue weighted by Crippen LogP contribution is -2.15. The van der Waals surface area contributed by atoms with Gasteiger partial charge in [0.1, 0.15) is 6.07 Å². The van der Waals surface area contributed by atoms with Gasteiger partial charge in [0.2, 0.25) is 11.9 Å². The summed E-state index contributed by atoms with van der Waals surface area (Å²) in [6.45, 7) is 0.527. The van der Waals surface area contributed by atoms with Gasteiger partial charge in [-0.05, 0) is 17.7 Å². The van der Waals surface area contributed by atoms with E-state index in [1.165, 1.54) is 0 Å². The van der Waals surface area contributed by atoms with Crippen LogP contribution in [-0.4, -0.2) is 38.8 Å². The van der Waals surface area contributed by atoms with Gasteiger partial charge in [-0.2, -0.15) is 25.3 Å². The van der Waals surface area contributed by atoms with Gasteiger partial charge >= 0.3 is 0 Å². The standard InChI is InChI=1S/C18H17ClN8/c1-26(2)18-24-16(23-17(21)25-18)14(8-20)7-12-9-22-27(10-12)11-13-5-3-4-6-15(13)19/h3-7,9-10H,11H2,1-2H3,(H2,21,23,24,25)/b14-7+. The van der Waals surface area contributed by atoms with Gasteiger partial charge in [-0.25, -0.2) is 0 Å². The van der Waals surface area contributed by atoms with E-state index in [-0.39, 0.29) is 17.3 Å². The maximum Gasteiger partial charge on any atom is 0.230 e. The van der Waals surface area contributed by atoms with E-state index in [0.29, 0.717) is 17.5 Å². The van der Waals surface area contributed by atoms with E-state index in [1.807, 2.05) is 30.5 Å². The summed E-state index contributed by atoms with van der Waals surface area (Å²) in [4.78, 5) is 14.1. The first kappa shape index (κ1) is 18.4. The van der Waals surface area contributed by atoms with Crippen LogP contribution >= 0.6 is 11.6 Å². The number of allylic oxidation sites excluding steroid dienone is 1. The number of hydrogen-bond donors (Lipinski definition) is 1. The van der Waals surface area contributed by atoms with Crippen LogP contribution in [0.3, 0.4) is 0 Å². The highest BCUT2D eigenvalue weighted by Crippen LogP contribution is 2.19. The molecule has 0 unspecified atom stereocenters. The molecule has 27 heavy (non-hydrogen) atoms. The molecule has 3 rings (SSSR count). The van der Waals surface area contributed by atoms with Crippen LogP contribution in [0.2, 0.25) is 5.02 Å². The second kappa shape index (κ2) is 7.85. The molecule has 0 aliphatic carbocycles. The summed E-state index contributed by atoms with van der Waals surface area (Å²) in [5, 5.41) is 14.5. The van der Waals surface area contributed by atoms with Crippen molar-refractivity contribution in [3.05, 3.63) is 58.6 Å². The monoisotopic (exact) mass is 380 g/mol. The van der Waals surface area contributed by atoms with E-state index < -0.39 is 0 Å². The molecule has 0 saturated heterocycles. The second-order valence-corrected chi connectivity index (χ2v) is 6.35. The van der Waals surface area contributed by atoms with E-state index in [1.54, 1.807) is 35.9 Å². The van der Waals surface area contributed by atoms with E-state index in [9.17, 15) is 5.26 Å². The van der Waals surface area contributed by atoms with Crippen LogP contribution in [-0.2, 0) is 6.54 Å². The molecule has 2 heterocycles. The lowest BCUT2D eigenvalue weighted by Gasteiger charge is -2.10. The van der Waals surface area contributed by atoms with Crippen LogP contribution < -0.4 is 10.6 Å². The molecule has 0 spiro atoms. The first-order chi connectivity index (χ1) is 13.0. The Morgan fingerprint density at radius 1 is 1.30 bits per heavy atom. The molecule has 0 aliphatic rings. The third-order valence-corrected chi connectivity index (χ3v) is 4.03. The Morgan fingerprint density at radius 3 is 2.78 bits per heavy atom. The van der Waals surface area contributed by atoms with Crippen LogP contribution in [0, 0.1) is 11.3 Å². The van der Waals surface area contributed by atoms with E-state index >= 15 is 0 Å². The van der Waals surface area contributed by atoms with Crippen molar-refractivity contribution in [2.75, 3.05) is 24.7 Å². The summed E-state index contributed by atoms with van der Waals surface area (Å²) in [6, 6.07) is 9.68. The minimum absolute atomic E-state index is 0.0549. The fourth-order valence-electron chi connectivity index (χ4n) is 2.36. The summed E-state index contributed by atoms with van der Waals surface area (Å²) in [6.07, 6.45) is 5.13. The zero-order chi connectivity index (χ0) is 19.4. The summed E-state index contributed by atoms with van der Waals surface area (Å²) in [7, 11) is 3.57. The Labute approximate surface area is 161 Å². The van der Waals surface area contributed by atoms with Crippen LogP contribution in [0.15, 0.2) is 36.7 Å². The van der Waals surface area contributed by atoms with Gasteiger partial charge in [0.05, 0.1) is 18.3 Å². The number of halogens is 1. The average molecular weight is 381 g/mol. The minimum atomic E-state index is 0.0549. The van der Waals surface area contributed by atoms with Gasteiger partial charge < -0.3 is 10.6 Å². The molecule has 3 aromatic rings. The number of anilines is 2. The van der Waals surface area contributed by atoms with Crippen molar-refractivity contribution >= 4 is 35.1 Å². The highest BCUT2D eigenvalue weighted by molar-refractivity contribution is 6.31. The third-order valence-electron chi connectivity index (χ3n) is 3.66. The van der Waals surface area contributed by atoms with Crippen molar-refractivity contribution in [3.8, 4) is 6.07 Å². The van der Waals surface area contributed by atoms with E-state index in [2.05, 4.69) is 26.1 Å². The van der Waals surface area contributed by atoms with Crippen molar-refractivity contribution in [1.29, 1.82) is 5.26 Å². The Balaban J connectivity index is 1.88. The Kier molecular flexibility index (Phi) is 5.33. The summed E-state index contributed by atoms with van der Waals surface area (Å²) in [5.41, 5.74) is 7.70. The molecule has 8 nitrogen and oxygen atoms in total. The first-order valence-electron chi connectivity index (χ1n) is 8.03. The lowest BCUT2D eigenvalue weighted by atomic mass is 10.2. The number of nitrogen functional groups attached to an aromatic ring is 1. The summed E-state index contributed by atoms with van der Waals surface area (Å²) in [5.74, 6) is 0.653. The normalized spacial score (nSPS) is 11.3. The molecule has 0 atom stereocenters. The predicted molar refractivity (Wildman–Crippen MR) is 105 cm³/mol. The smallest absolute Gasteiger partial charge is 0.230 e. The number of nitrogens with two attached hydrogens (primary N) is 1. The van der Waals surface area contributed by atoms with Gasteiger partial charge in [0, 0.05) is 30.9 Å². The van der Waals surface area contributed by atoms with Crippen molar-refractivity contribution in [2.45, 2.75) is 6.54 Å². The van der Waals surface area contributed by atoms with Crippen molar-refractivity contribution < 1.29 is 0 Å². The number of rotatable bonds is 5. The molecule has 0 aliphatic heterocycles. The van der Waals surface area contributed by atoms with Gasteiger partial charge in [0.25, 0.3) is 0 Å². The molecule has 0 saturated carbocycles. The quantitative estimate of drug-likeness (QED) is 0.677. The topological polar surface area (TPSA) is 110 Å². The number of nitrogens with zero attached hydrogens (tertiary/aromatic N) is 7. The molecule has 0 bridgehead atoms. The average Bonchev–Trinajstić information content (AvgIpc) is 3.08. The molecular formula is C18H17ClN8. The SMILES string of the molecule is CN(C)c1nc(N)nc(/C(C#N)=C/c2cnn(Cc3ccccc3Cl)c2)n1. The van der Waals surface area contributed by atoms with Crippen molar-refractivity contribution in [1.82, 2.24) is 24.7 Å². The van der Waals surface area contributed by atoms with Gasteiger partial charge in [-0.15, -0.1) is 0 Å². The second-order valence-electron chi connectivity index (χ2n) is 5.94. The minimum Gasteiger partial charge on any atom is -0.368 e. The zero-order valence-electron chi connectivity index (χ0n) is 14.8. The number of nitriles is 1. The fraction of sp³-hybridized carbons (Fsp3) is 0.167. The van der Waals surface area contributed by atoms with E-state index in [0.717, 1.165) is 11.1 Å². The summed E-state index contributed by atoms with van der Waals surface area (Å²) >= 11 is 6.19. The van der Waals surface area contributed by atoms with Gasteiger partial charge in [0.15, 0.2) is 5.82 Å². The van der Waals surface area contributed by atoms with Crippen LogP contribution in [0.25, 0.3) is 11.6 Å².